The Labute approximate surface area is 259 Å². The first-order valence-electron chi connectivity index (χ1n) is 13.4. The summed E-state index contributed by atoms with van der Waals surface area (Å²) < 4.78 is 57.8. The van der Waals surface area contributed by atoms with Crippen LogP contribution in [0.2, 0.25) is 0 Å². The van der Waals surface area contributed by atoms with E-state index in [1.54, 1.807) is 24.3 Å². The van der Waals surface area contributed by atoms with Gasteiger partial charge in [-0.3, -0.25) is 9.59 Å². The second-order valence-corrected chi connectivity index (χ2v) is 10.6. The molecule has 0 aliphatic carbocycles. The third-order valence-corrected chi connectivity index (χ3v) is 7.31. The number of benzene rings is 4. The van der Waals surface area contributed by atoms with Crippen LogP contribution in [-0.4, -0.2) is 34.7 Å². The van der Waals surface area contributed by atoms with E-state index >= 15 is 0 Å². The van der Waals surface area contributed by atoms with E-state index in [-0.39, 0.29) is 17.0 Å². The Hall–Kier alpha value is -5.10. The fraction of sp³-hybridized carbons (Fsp3) is 0.121. The molecular weight excluding hydrogens is 612 g/mol. The molecule has 4 rings (SSSR count). The summed E-state index contributed by atoms with van der Waals surface area (Å²) in [6, 6.07) is 23.0. The number of thioether (sulfide) groups is 1. The van der Waals surface area contributed by atoms with Crippen molar-refractivity contribution in [2.75, 3.05) is 5.75 Å². The molecule has 0 radical (unpaired) electrons. The predicted octanol–water partition coefficient (Wildman–Crippen LogP) is 6.91. The Balaban J connectivity index is 1.53. The number of carboxylic acid groups (broad SMARTS) is 1. The van der Waals surface area contributed by atoms with Crippen LogP contribution in [0.3, 0.4) is 0 Å². The summed E-state index contributed by atoms with van der Waals surface area (Å²) in [4.78, 5) is 38.2. The fourth-order valence-electron chi connectivity index (χ4n) is 3.88. The molecule has 1 atom stereocenters. The lowest BCUT2D eigenvalue weighted by Gasteiger charge is -2.17. The van der Waals surface area contributed by atoms with E-state index in [0.29, 0.717) is 22.8 Å². The monoisotopic (exact) mass is 638 g/mol. The molecule has 4 aromatic rings. The van der Waals surface area contributed by atoms with Crippen LogP contribution in [0.4, 0.5) is 17.6 Å². The summed E-state index contributed by atoms with van der Waals surface area (Å²) in [6.07, 6.45) is -3.31. The van der Waals surface area contributed by atoms with Gasteiger partial charge in [-0.2, -0.15) is 24.9 Å². The van der Waals surface area contributed by atoms with Gasteiger partial charge in [0, 0.05) is 17.1 Å². The van der Waals surface area contributed by atoms with E-state index < -0.39 is 41.4 Å². The molecular formula is C33H26F4N2O5S. The number of alkyl halides is 3. The van der Waals surface area contributed by atoms with Crippen LogP contribution < -0.4 is 15.4 Å². The van der Waals surface area contributed by atoms with Crippen molar-refractivity contribution < 1.29 is 41.8 Å². The molecule has 7 nitrogen and oxygen atoms in total. The van der Waals surface area contributed by atoms with Gasteiger partial charge in [0.25, 0.3) is 11.8 Å². The normalized spacial score (nSPS) is 12.2. The van der Waals surface area contributed by atoms with Crippen molar-refractivity contribution in [3.63, 3.8) is 0 Å². The zero-order chi connectivity index (χ0) is 32.4. The number of carboxylic acids is 1. The first kappa shape index (κ1) is 32.8. The highest BCUT2D eigenvalue weighted by atomic mass is 32.2. The van der Waals surface area contributed by atoms with Gasteiger partial charge in [-0.1, -0.05) is 42.5 Å². The molecule has 0 aliphatic heterocycles. The molecule has 4 aromatic carbocycles. The summed E-state index contributed by atoms with van der Waals surface area (Å²) in [5, 5.41) is 14.5. The highest BCUT2D eigenvalue weighted by molar-refractivity contribution is 7.98. The maximum Gasteiger partial charge on any atom is 0.416 e. The first-order valence-corrected chi connectivity index (χ1v) is 14.5. The quantitative estimate of drug-likeness (QED) is 0.115. The maximum atomic E-state index is 13.3. The lowest BCUT2D eigenvalue weighted by molar-refractivity contribution is -0.140. The number of hydrogen-bond acceptors (Lipinski definition) is 5. The average molecular weight is 639 g/mol. The van der Waals surface area contributed by atoms with Crippen LogP contribution in [0, 0.1) is 5.82 Å². The third-order valence-electron chi connectivity index (χ3n) is 6.21. The summed E-state index contributed by atoms with van der Waals surface area (Å²) in [7, 11) is 0. The number of halogens is 4. The lowest BCUT2D eigenvalue weighted by atomic mass is 10.1. The highest BCUT2D eigenvalue weighted by Crippen LogP contribution is 2.29. The number of rotatable bonds is 12. The van der Waals surface area contributed by atoms with Gasteiger partial charge in [0.1, 0.15) is 29.1 Å². The van der Waals surface area contributed by atoms with Gasteiger partial charge < -0.3 is 20.5 Å². The largest absolute Gasteiger partial charge is 0.480 e. The Morgan fingerprint density at radius 3 is 2.02 bits per heavy atom. The summed E-state index contributed by atoms with van der Waals surface area (Å²) >= 11 is 1.29. The lowest BCUT2D eigenvalue weighted by Crippen LogP contribution is -2.45. The van der Waals surface area contributed by atoms with Crippen LogP contribution >= 0.6 is 11.8 Å². The van der Waals surface area contributed by atoms with Crippen LogP contribution in [0.15, 0.2) is 109 Å². The van der Waals surface area contributed by atoms with Gasteiger partial charge in [0.05, 0.1) is 5.56 Å². The first-order chi connectivity index (χ1) is 21.5. The molecule has 0 saturated carbocycles. The van der Waals surface area contributed by atoms with Crippen LogP contribution in [0.25, 0.3) is 6.08 Å². The van der Waals surface area contributed by atoms with Crippen molar-refractivity contribution >= 4 is 35.6 Å². The molecule has 2 amide bonds. The van der Waals surface area contributed by atoms with Gasteiger partial charge >= 0.3 is 12.1 Å². The summed E-state index contributed by atoms with van der Waals surface area (Å²) in [5.74, 6) is -2.23. The second kappa shape index (κ2) is 15.1. The Kier molecular flexibility index (Phi) is 11.0. The zero-order valence-corrected chi connectivity index (χ0v) is 24.2. The van der Waals surface area contributed by atoms with Crippen molar-refractivity contribution in [2.45, 2.75) is 18.0 Å². The van der Waals surface area contributed by atoms with E-state index in [1.165, 1.54) is 42.1 Å². The zero-order valence-electron chi connectivity index (χ0n) is 23.4. The molecule has 0 aliphatic rings. The van der Waals surface area contributed by atoms with Crippen LogP contribution in [0.5, 0.6) is 11.5 Å². The molecule has 0 saturated heterocycles. The van der Waals surface area contributed by atoms with Gasteiger partial charge in [-0.15, -0.1) is 0 Å². The molecule has 3 N–H and O–H groups in total. The molecule has 0 fully saturated rings. The van der Waals surface area contributed by atoms with Crippen molar-refractivity contribution in [1.29, 1.82) is 0 Å². The minimum Gasteiger partial charge on any atom is -0.480 e. The average Bonchev–Trinajstić information content (AvgIpc) is 3.02. The van der Waals surface area contributed by atoms with E-state index in [9.17, 15) is 37.1 Å². The number of carbonyl (C=O) groups is 3. The molecule has 0 unspecified atom stereocenters. The highest BCUT2D eigenvalue weighted by Gasteiger charge is 2.30. The number of ether oxygens (including phenoxy) is 1. The minimum atomic E-state index is -4.60. The Morgan fingerprint density at radius 2 is 1.44 bits per heavy atom. The minimum absolute atomic E-state index is 0.0194. The van der Waals surface area contributed by atoms with Gasteiger partial charge in [0.2, 0.25) is 0 Å². The third kappa shape index (κ3) is 9.97. The molecule has 232 valence electrons. The van der Waals surface area contributed by atoms with Crippen molar-refractivity contribution in [2.24, 2.45) is 0 Å². The van der Waals surface area contributed by atoms with Crippen molar-refractivity contribution in [3.05, 3.63) is 137 Å². The maximum absolute atomic E-state index is 13.3. The number of aliphatic carboxylic acids is 1. The van der Waals surface area contributed by atoms with E-state index in [0.717, 1.165) is 29.8 Å². The van der Waals surface area contributed by atoms with Crippen LogP contribution in [0.1, 0.15) is 27.0 Å². The van der Waals surface area contributed by atoms with Gasteiger partial charge in [0.15, 0.2) is 0 Å². The SMILES string of the molecule is O=C(N[C@@H](CSCc1ccccc1)C(=O)O)C(=Cc1ccc(Oc2ccc(F)cc2)cc1)NC(=O)c1ccc(C(F)(F)F)cc1. The molecule has 0 spiro atoms. The van der Waals surface area contributed by atoms with E-state index in [1.807, 2.05) is 30.3 Å². The Morgan fingerprint density at radius 1 is 0.844 bits per heavy atom. The summed E-state index contributed by atoms with van der Waals surface area (Å²) in [5.41, 5.74) is -0.0731. The fourth-order valence-corrected chi connectivity index (χ4v) is 4.89. The molecule has 45 heavy (non-hydrogen) atoms. The van der Waals surface area contributed by atoms with Crippen molar-refractivity contribution in [1.82, 2.24) is 10.6 Å². The van der Waals surface area contributed by atoms with Crippen molar-refractivity contribution in [3.8, 4) is 11.5 Å². The topological polar surface area (TPSA) is 105 Å². The summed E-state index contributed by atoms with van der Waals surface area (Å²) in [6.45, 7) is 0. The number of carbonyl (C=O) groups excluding carboxylic acids is 2. The molecule has 12 heteroatoms. The number of nitrogens with one attached hydrogen (secondary N) is 2. The van der Waals surface area contributed by atoms with E-state index in [2.05, 4.69) is 10.6 Å². The Bertz CT molecular complexity index is 1640. The smallest absolute Gasteiger partial charge is 0.416 e. The molecule has 0 heterocycles. The molecule has 0 aromatic heterocycles. The second-order valence-electron chi connectivity index (χ2n) is 9.58. The number of hydrogen-bond donors (Lipinski definition) is 3. The van der Waals surface area contributed by atoms with Crippen LogP contribution in [-0.2, 0) is 21.5 Å². The number of amides is 2. The molecule has 0 bridgehead atoms. The van der Waals surface area contributed by atoms with Gasteiger partial charge in [-0.05, 0) is 77.9 Å². The standard InChI is InChI=1S/C33H26F4N2O5S/c34-25-12-16-27(17-13-25)44-26-14-6-21(7-15-26)18-28(38-30(40)23-8-10-24(11-9-23)33(35,36)37)31(41)39-29(32(42)43)20-45-19-22-4-2-1-3-5-22/h1-18,29H,19-20H2,(H,38,40)(H,39,41)(H,42,43)/t29-/m0/s1. The van der Waals surface area contributed by atoms with Gasteiger partial charge in [-0.25, -0.2) is 9.18 Å². The predicted molar refractivity (Wildman–Crippen MR) is 162 cm³/mol. The van der Waals surface area contributed by atoms with E-state index in [4.69, 9.17) is 4.74 Å².